The van der Waals surface area contributed by atoms with E-state index in [9.17, 15) is 14.4 Å². The minimum absolute atomic E-state index is 0.188. The molecule has 0 heterocycles. The highest BCUT2D eigenvalue weighted by Crippen LogP contribution is 2.20. The van der Waals surface area contributed by atoms with Crippen LogP contribution < -0.4 is 11.1 Å². The van der Waals surface area contributed by atoms with E-state index in [-0.39, 0.29) is 17.7 Å². The molecule has 24 heavy (non-hydrogen) atoms. The van der Waals surface area contributed by atoms with Crippen LogP contribution in [0.2, 0.25) is 5.02 Å². The summed E-state index contributed by atoms with van der Waals surface area (Å²) in [4.78, 5) is 36.0. The fraction of sp³-hybridized carbons (Fsp3) is 0.438. The molecule has 3 N–H and O–H groups in total. The molecule has 132 valence electrons. The van der Waals surface area contributed by atoms with Crippen LogP contribution in [0.3, 0.4) is 0 Å². The lowest BCUT2D eigenvalue weighted by Crippen LogP contribution is -2.45. The van der Waals surface area contributed by atoms with E-state index in [1.54, 1.807) is 20.8 Å². The zero-order valence-electron chi connectivity index (χ0n) is 14.0. The SMILES string of the molecule is COC(=O)[C@H](CC(=O)c1ccc(Cl)cc1N)NC(=O)OC(C)(C)C. The van der Waals surface area contributed by atoms with Gasteiger partial charge in [0, 0.05) is 22.7 Å². The molecule has 1 rings (SSSR count). The van der Waals surface area contributed by atoms with Crippen molar-refractivity contribution in [1.29, 1.82) is 0 Å². The summed E-state index contributed by atoms with van der Waals surface area (Å²) in [5.74, 6) is -1.20. The van der Waals surface area contributed by atoms with E-state index >= 15 is 0 Å². The molecular weight excluding hydrogens is 336 g/mol. The van der Waals surface area contributed by atoms with Gasteiger partial charge in [0.15, 0.2) is 5.78 Å². The van der Waals surface area contributed by atoms with Crippen molar-refractivity contribution in [2.75, 3.05) is 12.8 Å². The summed E-state index contributed by atoms with van der Waals surface area (Å²) in [5, 5.41) is 2.72. The molecule has 1 aromatic carbocycles. The van der Waals surface area contributed by atoms with Gasteiger partial charge in [-0.15, -0.1) is 0 Å². The Labute approximate surface area is 145 Å². The molecule has 1 aromatic rings. The maximum atomic E-state index is 12.4. The van der Waals surface area contributed by atoms with E-state index in [0.717, 1.165) is 7.11 Å². The van der Waals surface area contributed by atoms with E-state index < -0.39 is 29.5 Å². The zero-order valence-corrected chi connectivity index (χ0v) is 14.8. The minimum atomic E-state index is -1.19. The van der Waals surface area contributed by atoms with Gasteiger partial charge in [-0.25, -0.2) is 9.59 Å². The summed E-state index contributed by atoms with van der Waals surface area (Å²) in [6.07, 6.45) is -1.15. The molecule has 0 saturated heterocycles. The van der Waals surface area contributed by atoms with Crippen LogP contribution >= 0.6 is 11.6 Å². The summed E-state index contributed by atoms with van der Waals surface area (Å²) in [6, 6.07) is 3.22. The largest absolute Gasteiger partial charge is 0.467 e. The van der Waals surface area contributed by atoms with Crippen LogP contribution in [0.4, 0.5) is 10.5 Å². The monoisotopic (exact) mass is 356 g/mol. The van der Waals surface area contributed by atoms with E-state index in [1.165, 1.54) is 18.2 Å². The van der Waals surface area contributed by atoms with Crippen molar-refractivity contribution in [1.82, 2.24) is 5.32 Å². The van der Waals surface area contributed by atoms with Gasteiger partial charge in [0.1, 0.15) is 11.6 Å². The van der Waals surface area contributed by atoms with Gasteiger partial charge in [0.25, 0.3) is 0 Å². The summed E-state index contributed by atoms with van der Waals surface area (Å²) >= 11 is 5.79. The van der Waals surface area contributed by atoms with Crippen LogP contribution in [-0.2, 0) is 14.3 Å². The first-order valence-electron chi connectivity index (χ1n) is 7.19. The maximum absolute atomic E-state index is 12.4. The van der Waals surface area contributed by atoms with Crippen LogP contribution in [0.5, 0.6) is 0 Å². The second kappa shape index (κ2) is 8.01. The van der Waals surface area contributed by atoms with Gasteiger partial charge in [-0.05, 0) is 39.0 Å². The first kappa shape index (κ1) is 19.8. The third-order valence-electron chi connectivity index (χ3n) is 2.88. The number of amides is 1. The Bertz CT molecular complexity index is 640. The number of halogens is 1. The Balaban J connectivity index is 2.88. The van der Waals surface area contributed by atoms with Crippen molar-refractivity contribution in [2.24, 2.45) is 0 Å². The van der Waals surface area contributed by atoms with Crippen molar-refractivity contribution in [2.45, 2.75) is 38.8 Å². The number of hydrogen-bond acceptors (Lipinski definition) is 6. The number of rotatable bonds is 5. The van der Waals surface area contributed by atoms with E-state index in [2.05, 4.69) is 10.1 Å². The molecule has 0 fully saturated rings. The second-order valence-corrected chi connectivity index (χ2v) is 6.52. The number of hydrogen-bond donors (Lipinski definition) is 2. The predicted octanol–water partition coefficient (Wildman–Crippen LogP) is 2.56. The summed E-state index contributed by atoms with van der Waals surface area (Å²) < 4.78 is 9.69. The average molecular weight is 357 g/mol. The number of nitrogens with two attached hydrogens (primary N) is 1. The summed E-state index contributed by atoms with van der Waals surface area (Å²) in [7, 11) is 1.16. The van der Waals surface area contributed by atoms with E-state index in [1.807, 2.05) is 0 Å². The van der Waals surface area contributed by atoms with Crippen LogP contribution in [-0.4, -0.2) is 36.6 Å². The first-order chi connectivity index (χ1) is 11.0. The molecule has 0 radical (unpaired) electrons. The van der Waals surface area contributed by atoms with Crippen molar-refractivity contribution < 1.29 is 23.9 Å². The normalized spacial score (nSPS) is 12.2. The van der Waals surface area contributed by atoms with Crippen molar-refractivity contribution >= 4 is 35.1 Å². The predicted molar refractivity (Wildman–Crippen MR) is 90.0 cm³/mol. The molecule has 0 aliphatic carbocycles. The first-order valence-corrected chi connectivity index (χ1v) is 7.57. The van der Waals surface area contributed by atoms with E-state index in [4.69, 9.17) is 22.1 Å². The molecule has 1 amide bonds. The highest BCUT2D eigenvalue weighted by molar-refractivity contribution is 6.31. The lowest BCUT2D eigenvalue weighted by molar-refractivity contribution is -0.143. The molecular formula is C16H21ClN2O5. The topological polar surface area (TPSA) is 108 Å². The third kappa shape index (κ3) is 6.08. The number of benzene rings is 1. The zero-order chi connectivity index (χ0) is 18.5. The highest BCUT2D eigenvalue weighted by atomic mass is 35.5. The number of Topliss-reactive ketones (excluding diaryl/α,β-unsaturated/α-hetero) is 1. The standard InChI is InChI=1S/C16H21ClN2O5/c1-16(2,3)24-15(22)19-12(14(21)23-4)8-13(20)10-6-5-9(17)7-11(10)18/h5-7,12H,8,18H2,1-4H3,(H,19,22)/t12-/m0/s1. The number of carbonyl (C=O) groups excluding carboxylic acids is 3. The van der Waals surface area contributed by atoms with Gasteiger partial charge < -0.3 is 20.5 Å². The lowest BCUT2D eigenvalue weighted by atomic mass is 10.0. The Kier molecular flexibility index (Phi) is 6.60. The number of carbonyl (C=O) groups is 3. The minimum Gasteiger partial charge on any atom is -0.467 e. The van der Waals surface area contributed by atoms with Gasteiger partial charge in [-0.2, -0.15) is 0 Å². The smallest absolute Gasteiger partial charge is 0.408 e. The van der Waals surface area contributed by atoms with Crippen LogP contribution in [0.25, 0.3) is 0 Å². The number of anilines is 1. The van der Waals surface area contributed by atoms with Gasteiger partial charge in [0.05, 0.1) is 7.11 Å². The Hall–Kier alpha value is -2.28. The molecule has 8 heteroatoms. The molecule has 0 bridgehead atoms. The number of esters is 1. The van der Waals surface area contributed by atoms with Crippen LogP contribution in [0.15, 0.2) is 18.2 Å². The molecule has 0 aromatic heterocycles. The molecule has 1 atom stereocenters. The van der Waals surface area contributed by atoms with Gasteiger partial charge in [-0.1, -0.05) is 11.6 Å². The number of ketones is 1. The molecule has 0 aliphatic heterocycles. The van der Waals surface area contributed by atoms with Crippen LogP contribution in [0.1, 0.15) is 37.6 Å². The highest BCUT2D eigenvalue weighted by Gasteiger charge is 2.28. The summed E-state index contributed by atoms with van der Waals surface area (Å²) in [6.45, 7) is 5.04. The molecule has 7 nitrogen and oxygen atoms in total. The lowest BCUT2D eigenvalue weighted by Gasteiger charge is -2.22. The Morgan fingerprint density at radius 3 is 2.42 bits per heavy atom. The second-order valence-electron chi connectivity index (χ2n) is 6.08. The number of nitrogen functional groups attached to an aromatic ring is 1. The number of ether oxygens (including phenoxy) is 2. The van der Waals surface area contributed by atoms with E-state index in [0.29, 0.717) is 5.02 Å². The Morgan fingerprint density at radius 1 is 1.29 bits per heavy atom. The fourth-order valence-electron chi connectivity index (χ4n) is 1.87. The number of methoxy groups -OCH3 is 1. The fourth-order valence-corrected chi connectivity index (χ4v) is 2.05. The molecule has 0 spiro atoms. The molecule has 0 aliphatic rings. The quantitative estimate of drug-likeness (QED) is 0.477. The van der Waals surface area contributed by atoms with Gasteiger partial charge in [-0.3, -0.25) is 4.79 Å². The third-order valence-corrected chi connectivity index (χ3v) is 3.12. The van der Waals surface area contributed by atoms with Crippen molar-refractivity contribution in [3.63, 3.8) is 0 Å². The number of alkyl carbamates (subject to hydrolysis) is 1. The average Bonchev–Trinajstić information content (AvgIpc) is 2.43. The van der Waals surface area contributed by atoms with Gasteiger partial charge >= 0.3 is 12.1 Å². The number of nitrogens with one attached hydrogen (secondary N) is 1. The summed E-state index contributed by atoms with van der Waals surface area (Å²) in [5.41, 5.74) is 5.41. The van der Waals surface area contributed by atoms with Gasteiger partial charge in [0.2, 0.25) is 0 Å². The van der Waals surface area contributed by atoms with Crippen molar-refractivity contribution in [3.05, 3.63) is 28.8 Å². The Morgan fingerprint density at radius 2 is 1.92 bits per heavy atom. The van der Waals surface area contributed by atoms with Crippen LogP contribution in [0, 0.1) is 0 Å². The molecule has 0 unspecified atom stereocenters. The molecule has 0 saturated carbocycles. The maximum Gasteiger partial charge on any atom is 0.408 e. The van der Waals surface area contributed by atoms with Crippen molar-refractivity contribution in [3.8, 4) is 0 Å².